The Kier molecular flexibility index (Phi) is 7.38. The van der Waals surface area contributed by atoms with Gasteiger partial charge in [-0.15, -0.1) is 5.10 Å². The van der Waals surface area contributed by atoms with Crippen molar-refractivity contribution in [3.05, 3.63) is 77.1 Å². The number of carbonyl (C=O) groups excluding carboxylic acids is 2. The van der Waals surface area contributed by atoms with E-state index >= 15 is 0 Å². The SMILES string of the molecule is COC(=O)C(Cc1ccc(C(=O)O)cc1)n1cc(CNC(=O)c2ccc(S(N)(=O)=O)cc2)nn1. The van der Waals surface area contributed by atoms with Gasteiger partial charge in [0.25, 0.3) is 5.91 Å². The van der Waals surface area contributed by atoms with Crippen molar-refractivity contribution in [2.24, 2.45) is 5.14 Å². The van der Waals surface area contributed by atoms with E-state index in [4.69, 9.17) is 15.0 Å². The fourth-order valence-corrected chi connectivity index (χ4v) is 3.56. The van der Waals surface area contributed by atoms with Crippen LogP contribution < -0.4 is 10.5 Å². The van der Waals surface area contributed by atoms with E-state index in [2.05, 4.69) is 15.6 Å². The second-order valence-corrected chi connectivity index (χ2v) is 8.75. The first kappa shape index (κ1) is 24.5. The molecule has 0 saturated heterocycles. The van der Waals surface area contributed by atoms with Crippen LogP contribution in [0, 0.1) is 0 Å². The summed E-state index contributed by atoms with van der Waals surface area (Å²) >= 11 is 0. The number of esters is 1. The van der Waals surface area contributed by atoms with Gasteiger partial charge in [-0.25, -0.2) is 27.8 Å². The minimum Gasteiger partial charge on any atom is -0.478 e. The highest BCUT2D eigenvalue weighted by atomic mass is 32.2. The highest BCUT2D eigenvalue weighted by Gasteiger charge is 2.24. The molecule has 13 heteroatoms. The van der Waals surface area contributed by atoms with E-state index < -0.39 is 33.9 Å². The van der Waals surface area contributed by atoms with Crippen molar-refractivity contribution < 1.29 is 32.6 Å². The lowest BCUT2D eigenvalue weighted by Crippen LogP contribution is -2.24. The molecule has 0 spiro atoms. The number of carboxylic acid groups (broad SMARTS) is 1. The van der Waals surface area contributed by atoms with Crippen molar-refractivity contribution in [3.8, 4) is 0 Å². The number of benzene rings is 2. The number of nitrogens with one attached hydrogen (secondary N) is 1. The molecule has 0 bridgehead atoms. The highest BCUT2D eigenvalue weighted by Crippen LogP contribution is 2.17. The van der Waals surface area contributed by atoms with E-state index in [0.717, 1.165) is 0 Å². The van der Waals surface area contributed by atoms with Crippen LogP contribution in [0.2, 0.25) is 0 Å². The van der Waals surface area contributed by atoms with E-state index in [1.807, 2.05) is 0 Å². The van der Waals surface area contributed by atoms with Crippen molar-refractivity contribution in [1.82, 2.24) is 20.3 Å². The normalized spacial score (nSPS) is 12.1. The molecule has 1 unspecified atom stereocenters. The van der Waals surface area contributed by atoms with Gasteiger partial charge in [-0.3, -0.25) is 4.79 Å². The summed E-state index contributed by atoms with van der Waals surface area (Å²) in [6.07, 6.45) is 1.66. The Morgan fingerprint density at radius 3 is 2.26 bits per heavy atom. The second-order valence-electron chi connectivity index (χ2n) is 7.19. The fourth-order valence-electron chi connectivity index (χ4n) is 3.04. The van der Waals surface area contributed by atoms with Crippen molar-refractivity contribution in [1.29, 1.82) is 0 Å². The van der Waals surface area contributed by atoms with Gasteiger partial charge in [0.05, 0.1) is 30.3 Å². The Hall–Kier alpha value is -4.10. The van der Waals surface area contributed by atoms with Gasteiger partial charge in [-0.1, -0.05) is 17.3 Å². The number of carboxylic acids is 1. The van der Waals surface area contributed by atoms with Crippen LogP contribution in [0.3, 0.4) is 0 Å². The van der Waals surface area contributed by atoms with Crippen LogP contribution in [-0.2, 0) is 32.5 Å². The lowest BCUT2D eigenvalue weighted by atomic mass is 10.0. The van der Waals surface area contributed by atoms with Crippen molar-refractivity contribution in [3.63, 3.8) is 0 Å². The molecule has 0 aliphatic carbocycles. The molecule has 0 aliphatic rings. The first-order valence-corrected chi connectivity index (χ1v) is 11.3. The first-order valence-electron chi connectivity index (χ1n) is 9.80. The number of nitrogens with zero attached hydrogens (tertiary/aromatic N) is 3. The molecule has 1 amide bonds. The maximum Gasteiger partial charge on any atom is 0.335 e. The lowest BCUT2D eigenvalue weighted by Gasteiger charge is -2.14. The summed E-state index contributed by atoms with van der Waals surface area (Å²) in [4.78, 5) is 35.6. The quantitative estimate of drug-likeness (QED) is 0.362. The number of nitrogens with two attached hydrogens (primary N) is 1. The Morgan fingerprint density at radius 1 is 1.09 bits per heavy atom. The zero-order chi connectivity index (χ0) is 24.9. The third-order valence-corrected chi connectivity index (χ3v) is 5.78. The Labute approximate surface area is 194 Å². The molecule has 0 fully saturated rings. The number of methoxy groups -OCH3 is 1. The second kappa shape index (κ2) is 10.2. The molecule has 3 rings (SSSR count). The maximum atomic E-state index is 12.3. The van der Waals surface area contributed by atoms with Crippen LogP contribution in [0.1, 0.15) is 38.0 Å². The molecule has 4 N–H and O–H groups in total. The van der Waals surface area contributed by atoms with E-state index in [0.29, 0.717) is 11.3 Å². The molecule has 0 saturated carbocycles. The predicted molar refractivity (Wildman–Crippen MR) is 117 cm³/mol. The molecule has 1 atom stereocenters. The number of hydrogen-bond donors (Lipinski definition) is 3. The molecule has 1 aromatic heterocycles. The summed E-state index contributed by atoms with van der Waals surface area (Å²) in [6.45, 7) is -0.00300. The molecule has 34 heavy (non-hydrogen) atoms. The van der Waals surface area contributed by atoms with Crippen LogP contribution in [0.5, 0.6) is 0 Å². The number of aromatic carboxylic acids is 1. The number of sulfonamides is 1. The topological polar surface area (TPSA) is 184 Å². The van der Waals surface area contributed by atoms with Crippen LogP contribution in [-0.4, -0.2) is 53.5 Å². The Balaban J connectivity index is 1.68. The van der Waals surface area contributed by atoms with Crippen LogP contribution in [0.4, 0.5) is 0 Å². The zero-order valence-electron chi connectivity index (χ0n) is 17.9. The van der Waals surface area contributed by atoms with Gasteiger partial charge in [0.15, 0.2) is 6.04 Å². The molecule has 12 nitrogen and oxygen atoms in total. The minimum absolute atomic E-state index is 0.00300. The summed E-state index contributed by atoms with van der Waals surface area (Å²) < 4.78 is 28.8. The van der Waals surface area contributed by atoms with E-state index in [1.54, 1.807) is 12.1 Å². The number of rotatable bonds is 9. The maximum absolute atomic E-state index is 12.3. The average molecular weight is 487 g/mol. The predicted octanol–water partition coefficient (Wildman–Crippen LogP) is 0.511. The van der Waals surface area contributed by atoms with E-state index in [9.17, 15) is 22.8 Å². The van der Waals surface area contributed by atoms with Gasteiger partial charge in [-0.2, -0.15) is 0 Å². The Morgan fingerprint density at radius 2 is 1.71 bits per heavy atom. The van der Waals surface area contributed by atoms with Crippen molar-refractivity contribution >= 4 is 27.9 Å². The van der Waals surface area contributed by atoms with Gasteiger partial charge in [0, 0.05) is 12.0 Å². The molecule has 0 radical (unpaired) electrons. The third-order valence-electron chi connectivity index (χ3n) is 4.86. The number of carbonyl (C=O) groups is 3. The number of ether oxygens (including phenoxy) is 1. The van der Waals surface area contributed by atoms with E-state index in [1.165, 1.54) is 54.4 Å². The van der Waals surface area contributed by atoms with Gasteiger partial charge in [0.2, 0.25) is 10.0 Å². The van der Waals surface area contributed by atoms with E-state index in [-0.39, 0.29) is 29.0 Å². The highest BCUT2D eigenvalue weighted by molar-refractivity contribution is 7.89. The summed E-state index contributed by atoms with van der Waals surface area (Å²) in [6, 6.07) is 10.3. The Bertz CT molecular complexity index is 1300. The van der Waals surface area contributed by atoms with Crippen LogP contribution in [0.15, 0.2) is 59.6 Å². The smallest absolute Gasteiger partial charge is 0.335 e. The fraction of sp³-hybridized carbons (Fsp3) is 0.190. The van der Waals surface area contributed by atoms with Gasteiger partial charge in [-0.05, 0) is 42.0 Å². The molecule has 3 aromatic rings. The van der Waals surface area contributed by atoms with Gasteiger partial charge >= 0.3 is 11.9 Å². The minimum atomic E-state index is -3.86. The van der Waals surface area contributed by atoms with Crippen LogP contribution >= 0.6 is 0 Å². The zero-order valence-corrected chi connectivity index (χ0v) is 18.7. The number of aromatic nitrogens is 3. The standard InChI is InChI=1S/C21H21N5O7S/c1-33-21(30)18(10-13-2-4-15(5-3-13)20(28)29)26-12-16(24-25-26)11-23-19(27)14-6-8-17(9-7-14)34(22,31)32/h2-9,12,18H,10-11H2,1H3,(H,23,27)(H,28,29)(H2,22,31,32). The van der Waals surface area contributed by atoms with Gasteiger partial charge < -0.3 is 15.2 Å². The van der Waals surface area contributed by atoms with Crippen molar-refractivity contribution in [2.45, 2.75) is 23.9 Å². The number of amides is 1. The molecular weight excluding hydrogens is 466 g/mol. The summed E-state index contributed by atoms with van der Waals surface area (Å²) in [7, 11) is -2.62. The first-order chi connectivity index (χ1) is 16.1. The number of primary sulfonamides is 1. The monoisotopic (exact) mass is 487 g/mol. The molecule has 1 heterocycles. The molecular formula is C21H21N5O7S. The van der Waals surface area contributed by atoms with Crippen molar-refractivity contribution in [2.75, 3.05) is 7.11 Å². The largest absolute Gasteiger partial charge is 0.478 e. The molecule has 178 valence electrons. The summed E-state index contributed by atoms with van der Waals surface area (Å²) in [5.74, 6) is -2.10. The summed E-state index contributed by atoms with van der Waals surface area (Å²) in [5, 5.41) is 24.6. The third kappa shape index (κ3) is 6.02. The summed E-state index contributed by atoms with van der Waals surface area (Å²) in [5.41, 5.74) is 1.40. The average Bonchev–Trinajstić information content (AvgIpc) is 3.29. The molecule has 2 aromatic carbocycles. The lowest BCUT2D eigenvalue weighted by molar-refractivity contribution is -0.144. The van der Waals surface area contributed by atoms with Gasteiger partial charge in [0.1, 0.15) is 5.69 Å². The number of hydrogen-bond acceptors (Lipinski definition) is 8. The van der Waals surface area contributed by atoms with Crippen LogP contribution in [0.25, 0.3) is 0 Å². The molecule has 0 aliphatic heterocycles.